The third-order valence-electron chi connectivity index (χ3n) is 7.81. The average Bonchev–Trinajstić information content (AvgIpc) is 3.36. The Morgan fingerprint density at radius 3 is 1.93 bits per heavy atom. The molecule has 1 saturated heterocycles. The van der Waals surface area contributed by atoms with Crippen molar-refractivity contribution in [1.82, 2.24) is 4.90 Å². The topological polar surface area (TPSA) is 29.5 Å². The molecule has 4 fully saturated rings. The lowest BCUT2D eigenvalue weighted by Crippen LogP contribution is -2.62. The van der Waals surface area contributed by atoms with Crippen molar-refractivity contribution in [3.63, 3.8) is 0 Å². The van der Waals surface area contributed by atoms with Crippen LogP contribution in [0.5, 0.6) is 0 Å². The van der Waals surface area contributed by atoms with E-state index in [9.17, 15) is 4.79 Å². The van der Waals surface area contributed by atoms with Gasteiger partial charge in [-0.15, -0.1) is 0 Å². The van der Waals surface area contributed by atoms with Crippen molar-refractivity contribution in [3.8, 4) is 0 Å². The maximum Gasteiger partial charge on any atom is 0.330 e. The summed E-state index contributed by atoms with van der Waals surface area (Å²) < 4.78 is 6.08. The molecule has 0 unspecified atom stereocenters. The summed E-state index contributed by atoms with van der Waals surface area (Å²) in [6.45, 7) is 5.98. The van der Waals surface area contributed by atoms with Crippen molar-refractivity contribution in [1.29, 1.82) is 0 Å². The molecule has 0 radical (unpaired) electrons. The van der Waals surface area contributed by atoms with E-state index in [0.717, 1.165) is 32.4 Å². The molecule has 3 heteroatoms. The van der Waals surface area contributed by atoms with E-state index in [2.05, 4.69) is 72.1 Å². The van der Waals surface area contributed by atoms with Crippen LogP contribution < -0.4 is 0 Å². The van der Waals surface area contributed by atoms with Crippen molar-refractivity contribution in [3.05, 3.63) is 84.4 Å². The summed E-state index contributed by atoms with van der Waals surface area (Å²) in [6, 6.07) is 21.8. The van der Waals surface area contributed by atoms with E-state index in [1.807, 2.05) is 0 Å². The second kappa shape index (κ2) is 8.03. The maximum absolute atomic E-state index is 12.3. The third kappa shape index (κ3) is 3.39. The highest BCUT2D eigenvalue weighted by Gasteiger charge is 2.59. The third-order valence-corrected chi connectivity index (χ3v) is 7.81. The Morgan fingerprint density at radius 2 is 1.43 bits per heavy atom. The molecule has 4 aliphatic rings. The molecule has 0 N–H and O–H groups in total. The van der Waals surface area contributed by atoms with Crippen LogP contribution in [0.3, 0.4) is 0 Å². The second-order valence-electron chi connectivity index (χ2n) is 9.32. The van der Waals surface area contributed by atoms with Crippen molar-refractivity contribution >= 4 is 5.97 Å². The molecule has 0 amide bonds. The van der Waals surface area contributed by atoms with Gasteiger partial charge in [-0.3, -0.25) is 4.90 Å². The van der Waals surface area contributed by atoms with E-state index in [-0.39, 0.29) is 17.6 Å². The zero-order valence-corrected chi connectivity index (χ0v) is 17.6. The number of carbonyl (C=O) groups excluding carboxylic acids is 1. The highest BCUT2D eigenvalue weighted by molar-refractivity contribution is 5.81. The molecule has 2 aromatic carbocycles. The molecule has 2 bridgehead atoms. The Labute approximate surface area is 179 Å². The minimum atomic E-state index is -0.289. The first-order valence-corrected chi connectivity index (χ1v) is 11.4. The zero-order valence-electron chi connectivity index (χ0n) is 17.6. The van der Waals surface area contributed by atoms with E-state index in [0.29, 0.717) is 17.8 Å². The van der Waals surface area contributed by atoms with Crippen molar-refractivity contribution in [2.75, 3.05) is 13.1 Å². The Bertz CT molecular complexity index is 838. The largest absolute Gasteiger partial charge is 0.459 e. The van der Waals surface area contributed by atoms with Crippen molar-refractivity contribution in [2.24, 2.45) is 5.92 Å². The fourth-order valence-electron chi connectivity index (χ4n) is 6.63. The van der Waals surface area contributed by atoms with Gasteiger partial charge in [0.2, 0.25) is 0 Å². The highest BCUT2D eigenvalue weighted by Crippen LogP contribution is 2.60. The maximum atomic E-state index is 12.3. The smallest absolute Gasteiger partial charge is 0.330 e. The van der Waals surface area contributed by atoms with E-state index in [4.69, 9.17) is 4.74 Å². The summed E-state index contributed by atoms with van der Waals surface area (Å²) >= 11 is 0. The molecular weight excluding hydrogens is 370 g/mol. The van der Waals surface area contributed by atoms with Gasteiger partial charge in [0, 0.05) is 24.0 Å². The molecular formula is C27H31NO2. The first-order valence-electron chi connectivity index (χ1n) is 11.4. The summed E-state index contributed by atoms with van der Waals surface area (Å²) in [7, 11) is 0. The summed E-state index contributed by atoms with van der Waals surface area (Å²) in [4.78, 5) is 15.0. The standard InChI is InChI=1S/C27H31NO2/c1-2-25(29)30-24-19-27(28-15-9-10-16-28)17-22(20-11-5-3-6-12-20)26(24)23(18-27)21-13-7-4-8-14-21/h2-8,11-14,22-24,26H,1,9-10,15-19H2/t22-,23-,24-,26?,27?/m0/s1. The molecule has 0 spiro atoms. The van der Waals surface area contributed by atoms with Crippen molar-refractivity contribution in [2.45, 2.75) is 55.6 Å². The van der Waals surface area contributed by atoms with Gasteiger partial charge in [0.25, 0.3) is 0 Å². The second-order valence-corrected chi connectivity index (χ2v) is 9.32. The van der Waals surface area contributed by atoms with Gasteiger partial charge in [0.05, 0.1) is 0 Å². The number of rotatable bonds is 5. The van der Waals surface area contributed by atoms with Crippen LogP contribution in [0.4, 0.5) is 0 Å². The number of ether oxygens (including phenoxy) is 1. The SMILES string of the molecule is C=CC(=O)O[C@H]1CC2(N3CCCC3)C[C@@H](c3ccccc3)C1[C@H](c1ccccc1)C2. The van der Waals surface area contributed by atoms with E-state index in [1.54, 1.807) is 0 Å². The molecule has 2 aromatic rings. The lowest BCUT2D eigenvalue weighted by atomic mass is 9.51. The van der Waals surface area contributed by atoms with E-state index >= 15 is 0 Å². The van der Waals surface area contributed by atoms with E-state index < -0.39 is 0 Å². The summed E-state index contributed by atoms with van der Waals surface area (Å²) in [5, 5.41) is 0. The average molecular weight is 402 g/mol. The number of carbonyl (C=O) groups is 1. The molecule has 3 aliphatic carbocycles. The minimum Gasteiger partial charge on any atom is -0.459 e. The first-order chi connectivity index (χ1) is 14.7. The molecule has 156 valence electrons. The Morgan fingerprint density at radius 1 is 0.900 bits per heavy atom. The first kappa shape index (κ1) is 19.6. The van der Waals surface area contributed by atoms with Gasteiger partial charge in [0.1, 0.15) is 6.10 Å². The lowest BCUT2D eigenvalue weighted by Gasteiger charge is -2.61. The monoisotopic (exact) mass is 401 g/mol. The van der Waals surface area contributed by atoms with Crippen LogP contribution >= 0.6 is 0 Å². The van der Waals surface area contributed by atoms with Gasteiger partial charge in [-0.05, 0) is 61.7 Å². The van der Waals surface area contributed by atoms with Gasteiger partial charge in [-0.1, -0.05) is 67.2 Å². The highest BCUT2D eigenvalue weighted by atomic mass is 16.5. The molecule has 3 nitrogen and oxygen atoms in total. The Balaban J connectivity index is 1.61. The normalized spacial score (nSPS) is 33.3. The molecule has 3 atom stereocenters. The van der Waals surface area contributed by atoms with Crippen LogP contribution in [-0.4, -0.2) is 35.6 Å². The number of likely N-dealkylation sites (tertiary alicyclic amines) is 1. The number of hydrogen-bond acceptors (Lipinski definition) is 3. The lowest BCUT2D eigenvalue weighted by molar-refractivity contribution is -0.162. The van der Waals surface area contributed by atoms with Crippen LogP contribution in [0.2, 0.25) is 0 Å². The molecule has 6 rings (SSSR count). The molecule has 1 aliphatic heterocycles. The molecule has 3 saturated carbocycles. The fraction of sp³-hybridized carbons (Fsp3) is 0.444. The van der Waals surface area contributed by atoms with Gasteiger partial charge >= 0.3 is 5.97 Å². The summed E-state index contributed by atoms with van der Waals surface area (Å²) in [5.74, 6) is 0.787. The molecule has 0 aromatic heterocycles. The quantitative estimate of drug-likeness (QED) is 0.503. The Kier molecular flexibility index (Phi) is 5.24. The molecule has 30 heavy (non-hydrogen) atoms. The fourth-order valence-corrected chi connectivity index (χ4v) is 6.63. The van der Waals surface area contributed by atoms with Crippen LogP contribution in [0.15, 0.2) is 73.3 Å². The van der Waals surface area contributed by atoms with Gasteiger partial charge in [-0.2, -0.15) is 0 Å². The predicted octanol–water partition coefficient (Wildman–Crippen LogP) is 5.30. The number of nitrogens with zero attached hydrogens (tertiary/aromatic N) is 1. The molecule has 1 heterocycles. The van der Waals surface area contributed by atoms with Crippen molar-refractivity contribution < 1.29 is 9.53 Å². The number of fused-ring (bicyclic) bond motifs is 3. The van der Waals surface area contributed by atoms with Crippen LogP contribution in [0.1, 0.15) is 55.1 Å². The predicted molar refractivity (Wildman–Crippen MR) is 119 cm³/mol. The van der Waals surface area contributed by atoms with Gasteiger partial charge in [0.15, 0.2) is 0 Å². The Hall–Kier alpha value is -2.39. The van der Waals surface area contributed by atoms with Gasteiger partial charge in [-0.25, -0.2) is 4.79 Å². The zero-order chi connectivity index (χ0) is 20.6. The van der Waals surface area contributed by atoms with Crippen LogP contribution in [-0.2, 0) is 9.53 Å². The van der Waals surface area contributed by atoms with Gasteiger partial charge < -0.3 is 4.74 Å². The number of esters is 1. The number of benzene rings is 2. The summed E-state index contributed by atoms with van der Waals surface area (Å²) in [6.07, 6.45) is 7.06. The summed E-state index contributed by atoms with van der Waals surface area (Å²) in [5.41, 5.74) is 2.86. The van der Waals surface area contributed by atoms with Crippen LogP contribution in [0, 0.1) is 5.92 Å². The van der Waals surface area contributed by atoms with Crippen LogP contribution in [0.25, 0.3) is 0 Å². The minimum absolute atomic E-state index is 0.0750. The van der Waals surface area contributed by atoms with E-state index in [1.165, 1.54) is 30.0 Å². The number of hydrogen-bond donors (Lipinski definition) is 0.